The Bertz CT molecular complexity index is 865. The van der Waals surface area contributed by atoms with Gasteiger partial charge in [-0.3, -0.25) is 9.10 Å². The number of nitrogens with one attached hydrogen (secondary N) is 1. The molecule has 0 bridgehead atoms. The van der Waals surface area contributed by atoms with Crippen LogP contribution in [0.1, 0.15) is 29.8 Å². The fraction of sp³-hybridized carbons (Fsp3) is 0.316. The first-order chi connectivity index (χ1) is 12.2. The molecule has 0 saturated heterocycles. The summed E-state index contributed by atoms with van der Waals surface area (Å²) in [6, 6.07) is 12.3. The quantitative estimate of drug-likeness (QED) is 0.805. The molecule has 2 aromatic rings. The van der Waals surface area contributed by atoms with Crippen molar-refractivity contribution in [3.63, 3.8) is 0 Å². The van der Waals surface area contributed by atoms with E-state index in [0.29, 0.717) is 23.6 Å². The molecule has 0 aliphatic heterocycles. The molecule has 0 spiro atoms. The van der Waals surface area contributed by atoms with Crippen LogP contribution in [-0.2, 0) is 16.6 Å². The normalized spacial score (nSPS) is 11.4. The predicted octanol–water partition coefficient (Wildman–Crippen LogP) is 3.18. The van der Waals surface area contributed by atoms with E-state index in [1.807, 2.05) is 13.8 Å². The van der Waals surface area contributed by atoms with E-state index in [2.05, 4.69) is 5.32 Å². The van der Waals surface area contributed by atoms with Gasteiger partial charge in [0, 0.05) is 12.1 Å². The third-order valence-corrected chi connectivity index (χ3v) is 4.86. The van der Waals surface area contributed by atoms with Gasteiger partial charge in [0.1, 0.15) is 5.82 Å². The molecule has 0 saturated carbocycles. The first kappa shape index (κ1) is 19.9. The van der Waals surface area contributed by atoms with Crippen molar-refractivity contribution in [3.05, 3.63) is 65.5 Å². The molecule has 0 aliphatic rings. The molecule has 2 aromatic carbocycles. The van der Waals surface area contributed by atoms with E-state index in [-0.39, 0.29) is 18.1 Å². The molecule has 0 radical (unpaired) electrons. The van der Waals surface area contributed by atoms with Gasteiger partial charge in [0.05, 0.1) is 18.5 Å². The second-order valence-electron chi connectivity index (χ2n) is 6.52. The number of hydrogen-bond acceptors (Lipinski definition) is 3. The van der Waals surface area contributed by atoms with E-state index < -0.39 is 15.8 Å². The lowest BCUT2D eigenvalue weighted by molar-refractivity contribution is 0.0949. The highest BCUT2D eigenvalue weighted by Gasteiger charge is 2.21. The first-order valence-corrected chi connectivity index (χ1v) is 10.1. The molecule has 5 nitrogen and oxygen atoms in total. The second-order valence-corrected chi connectivity index (χ2v) is 8.43. The van der Waals surface area contributed by atoms with Crippen molar-refractivity contribution in [3.8, 4) is 0 Å². The van der Waals surface area contributed by atoms with Crippen LogP contribution in [0.5, 0.6) is 0 Å². The SMILES string of the molecule is CC(C)CNC(=O)c1ccc(CN(c2ccccc2F)S(C)(=O)=O)cc1. The Hall–Kier alpha value is -2.41. The summed E-state index contributed by atoms with van der Waals surface area (Å²) < 4.78 is 39.3. The van der Waals surface area contributed by atoms with E-state index in [9.17, 15) is 17.6 Å². The highest BCUT2D eigenvalue weighted by molar-refractivity contribution is 7.92. The minimum absolute atomic E-state index is 0.00578. The summed E-state index contributed by atoms with van der Waals surface area (Å²) >= 11 is 0. The average molecular weight is 378 g/mol. The largest absolute Gasteiger partial charge is 0.352 e. The second kappa shape index (κ2) is 8.31. The third-order valence-electron chi connectivity index (χ3n) is 3.73. The Kier molecular flexibility index (Phi) is 6.37. The minimum Gasteiger partial charge on any atom is -0.352 e. The molecule has 0 unspecified atom stereocenters. The fourth-order valence-electron chi connectivity index (χ4n) is 2.36. The first-order valence-electron chi connectivity index (χ1n) is 8.28. The number of amides is 1. The molecular weight excluding hydrogens is 355 g/mol. The number of halogens is 1. The molecule has 0 aromatic heterocycles. The van der Waals surface area contributed by atoms with Gasteiger partial charge in [0.2, 0.25) is 10.0 Å². The molecule has 0 atom stereocenters. The van der Waals surface area contributed by atoms with Crippen molar-refractivity contribution in [2.75, 3.05) is 17.1 Å². The molecule has 0 aliphatic carbocycles. The smallest absolute Gasteiger partial charge is 0.251 e. The zero-order chi connectivity index (χ0) is 19.3. The molecule has 1 amide bonds. The highest BCUT2D eigenvalue weighted by Crippen LogP contribution is 2.23. The number of hydrogen-bond donors (Lipinski definition) is 1. The summed E-state index contributed by atoms with van der Waals surface area (Å²) in [7, 11) is -3.67. The van der Waals surface area contributed by atoms with Gasteiger partial charge >= 0.3 is 0 Å². The number of anilines is 1. The maximum atomic E-state index is 14.0. The van der Waals surface area contributed by atoms with Gasteiger partial charge in [-0.05, 0) is 35.7 Å². The highest BCUT2D eigenvalue weighted by atomic mass is 32.2. The van der Waals surface area contributed by atoms with Crippen molar-refractivity contribution in [1.29, 1.82) is 0 Å². The third kappa shape index (κ3) is 5.29. The number of benzene rings is 2. The monoisotopic (exact) mass is 378 g/mol. The fourth-order valence-corrected chi connectivity index (χ4v) is 3.25. The lowest BCUT2D eigenvalue weighted by atomic mass is 10.1. The number of para-hydroxylation sites is 1. The summed E-state index contributed by atoms with van der Waals surface area (Å²) in [4.78, 5) is 12.0. The van der Waals surface area contributed by atoms with Crippen LogP contribution in [0.15, 0.2) is 48.5 Å². The molecule has 7 heteroatoms. The molecule has 26 heavy (non-hydrogen) atoms. The lowest BCUT2D eigenvalue weighted by Gasteiger charge is -2.23. The summed E-state index contributed by atoms with van der Waals surface area (Å²) in [5.74, 6) is -0.441. The van der Waals surface area contributed by atoms with Crippen molar-refractivity contribution < 1.29 is 17.6 Å². The number of nitrogens with zero attached hydrogens (tertiary/aromatic N) is 1. The molecule has 0 fully saturated rings. The van der Waals surface area contributed by atoms with Crippen LogP contribution in [0.25, 0.3) is 0 Å². The Morgan fingerprint density at radius 3 is 2.27 bits per heavy atom. The van der Waals surface area contributed by atoms with E-state index in [1.54, 1.807) is 30.3 Å². The Morgan fingerprint density at radius 2 is 1.73 bits per heavy atom. The van der Waals surface area contributed by atoms with Gasteiger partial charge in [-0.2, -0.15) is 0 Å². The van der Waals surface area contributed by atoms with Gasteiger partial charge < -0.3 is 5.32 Å². The summed E-state index contributed by atoms with van der Waals surface area (Å²) in [5.41, 5.74) is 1.14. The van der Waals surface area contributed by atoms with Crippen molar-refractivity contribution in [2.45, 2.75) is 20.4 Å². The van der Waals surface area contributed by atoms with Crippen LogP contribution in [0.3, 0.4) is 0 Å². The molecule has 1 N–H and O–H groups in total. The van der Waals surface area contributed by atoms with Crippen LogP contribution in [0.2, 0.25) is 0 Å². The van der Waals surface area contributed by atoms with Gasteiger partial charge in [-0.15, -0.1) is 0 Å². The lowest BCUT2D eigenvalue weighted by Crippen LogP contribution is -2.30. The Balaban J connectivity index is 2.20. The van der Waals surface area contributed by atoms with Crippen molar-refractivity contribution >= 4 is 21.6 Å². The average Bonchev–Trinajstić information content (AvgIpc) is 2.58. The van der Waals surface area contributed by atoms with Gasteiger partial charge in [0.15, 0.2) is 0 Å². The maximum Gasteiger partial charge on any atom is 0.251 e. The molecule has 0 heterocycles. The number of carbonyl (C=O) groups excluding carboxylic acids is 1. The van der Waals surface area contributed by atoms with Gasteiger partial charge in [0.25, 0.3) is 5.91 Å². The number of rotatable bonds is 7. The molecular formula is C19H23FN2O3S. The Morgan fingerprint density at radius 1 is 1.12 bits per heavy atom. The Labute approximate surface area is 153 Å². The predicted molar refractivity (Wildman–Crippen MR) is 101 cm³/mol. The van der Waals surface area contributed by atoms with Crippen LogP contribution in [0, 0.1) is 11.7 Å². The van der Waals surface area contributed by atoms with E-state index in [0.717, 1.165) is 10.6 Å². The number of sulfonamides is 1. The topological polar surface area (TPSA) is 66.5 Å². The standard InChI is InChI=1S/C19H23FN2O3S/c1-14(2)12-21-19(23)16-10-8-15(9-11-16)13-22(26(3,24)25)18-7-5-4-6-17(18)20/h4-11,14H,12-13H2,1-3H3,(H,21,23). The van der Waals surface area contributed by atoms with E-state index >= 15 is 0 Å². The summed E-state index contributed by atoms with van der Waals surface area (Å²) in [5, 5.41) is 2.82. The summed E-state index contributed by atoms with van der Waals surface area (Å²) in [6.45, 7) is 4.57. The summed E-state index contributed by atoms with van der Waals surface area (Å²) in [6.07, 6.45) is 1.03. The van der Waals surface area contributed by atoms with E-state index in [1.165, 1.54) is 18.2 Å². The zero-order valence-electron chi connectivity index (χ0n) is 15.1. The van der Waals surface area contributed by atoms with Crippen LogP contribution in [-0.4, -0.2) is 27.1 Å². The molecule has 2 rings (SSSR count). The maximum absolute atomic E-state index is 14.0. The van der Waals surface area contributed by atoms with Crippen LogP contribution >= 0.6 is 0 Å². The molecule has 140 valence electrons. The van der Waals surface area contributed by atoms with Gasteiger partial charge in [-0.1, -0.05) is 38.1 Å². The van der Waals surface area contributed by atoms with Crippen LogP contribution in [0.4, 0.5) is 10.1 Å². The van der Waals surface area contributed by atoms with Gasteiger partial charge in [-0.25, -0.2) is 12.8 Å². The minimum atomic E-state index is -3.67. The van der Waals surface area contributed by atoms with Crippen LogP contribution < -0.4 is 9.62 Å². The van der Waals surface area contributed by atoms with Crippen molar-refractivity contribution in [2.24, 2.45) is 5.92 Å². The zero-order valence-corrected chi connectivity index (χ0v) is 15.9. The van der Waals surface area contributed by atoms with E-state index in [4.69, 9.17) is 0 Å². The van der Waals surface area contributed by atoms with Crippen molar-refractivity contribution in [1.82, 2.24) is 5.32 Å². The number of carbonyl (C=O) groups is 1.